The number of hydrogen-bond acceptors (Lipinski definition) is 3. The first-order chi connectivity index (χ1) is 37.7. The van der Waals surface area contributed by atoms with Crippen LogP contribution < -0.4 is 4.90 Å². The number of aromatic nitrogens is 1. The van der Waals surface area contributed by atoms with E-state index in [0.29, 0.717) is 0 Å². The van der Waals surface area contributed by atoms with Crippen LogP contribution in [0.1, 0.15) is 0 Å². The van der Waals surface area contributed by atoms with Crippen molar-refractivity contribution in [2.75, 3.05) is 4.90 Å². The Morgan fingerprint density at radius 1 is 0.276 bits per heavy atom. The van der Waals surface area contributed by atoms with Crippen LogP contribution in [-0.4, -0.2) is 4.57 Å². The van der Waals surface area contributed by atoms with Gasteiger partial charge in [0.2, 0.25) is 0 Å². The van der Waals surface area contributed by atoms with E-state index in [1.807, 2.05) is 22.7 Å². The van der Waals surface area contributed by atoms with Crippen molar-refractivity contribution < 1.29 is 0 Å². The van der Waals surface area contributed by atoms with Gasteiger partial charge in [0, 0.05) is 68.2 Å². The third kappa shape index (κ3) is 6.71. The first-order valence-corrected chi connectivity index (χ1v) is 27.6. The van der Waals surface area contributed by atoms with Gasteiger partial charge in [0.1, 0.15) is 0 Å². The van der Waals surface area contributed by atoms with E-state index in [0.717, 1.165) is 17.1 Å². The molecule has 0 unspecified atom stereocenters. The molecule has 4 heteroatoms. The smallest absolute Gasteiger partial charge is 0.0554 e. The van der Waals surface area contributed by atoms with Crippen LogP contribution in [0.2, 0.25) is 0 Å². The number of hydrogen-bond donors (Lipinski definition) is 0. The Hall–Kier alpha value is -9.32. The molecule has 354 valence electrons. The Balaban J connectivity index is 0.846. The van der Waals surface area contributed by atoms with E-state index in [4.69, 9.17) is 0 Å². The summed E-state index contributed by atoms with van der Waals surface area (Å²) in [5.74, 6) is 0. The number of benzene rings is 13. The van der Waals surface area contributed by atoms with Crippen molar-refractivity contribution in [2.24, 2.45) is 0 Å². The molecule has 0 fully saturated rings. The SMILES string of the molecule is c1ccc(N(c2ccc(-c3ccc4c(c3)c3cc(-c5ccc(-c6cccc7c6sc6ccccc67)cc5)ccc3n4-c3ccc4c5ccccc5c5ccccc5c4c3)cc2)c2cccc3sc4ccccc4c23)cc1. The van der Waals surface area contributed by atoms with Crippen LogP contribution in [0.3, 0.4) is 0 Å². The second-order valence-corrected chi connectivity index (χ2v) is 22.1. The quantitative estimate of drug-likeness (QED) is 0.144. The van der Waals surface area contributed by atoms with Crippen molar-refractivity contribution in [2.45, 2.75) is 0 Å². The zero-order valence-corrected chi connectivity index (χ0v) is 42.7. The highest BCUT2D eigenvalue weighted by molar-refractivity contribution is 7.26. The van der Waals surface area contributed by atoms with E-state index < -0.39 is 0 Å². The van der Waals surface area contributed by atoms with Gasteiger partial charge in [-0.3, -0.25) is 0 Å². The fourth-order valence-electron chi connectivity index (χ4n) is 12.3. The molecule has 76 heavy (non-hydrogen) atoms. The first kappa shape index (κ1) is 43.1. The molecule has 0 spiro atoms. The number of nitrogens with zero attached hydrogens (tertiary/aromatic N) is 2. The second kappa shape index (κ2) is 17.1. The Bertz CT molecular complexity index is 4950. The van der Waals surface area contributed by atoms with E-state index in [-0.39, 0.29) is 0 Å². The van der Waals surface area contributed by atoms with Crippen LogP contribution >= 0.6 is 22.7 Å². The summed E-state index contributed by atoms with van der Waals surface area (Å²) in [6.07, 6.45) is 0. The maximum atomic E-state index is 2.48. The molecule has 13 aromatic carbocycles. The van der Waals surface area contributed by atoms with E-state index in [9.17, 15) is 0 Å². The largest absolute Gasteiger partial charge is 0.310 e. The maximum Gasteiger partial charge on any atom is 0.0554 e. The van der Waals surface area contributed by atoms with Crippen molar-refractivity contribution in [1.29, 1.82) is 0 Å². The predicted octanol–water partition coefficient (Wildman–Crippen LogP) is 21.4. The molecule has 0 aliphatic heterocycles. The van der Waals surface area contributed by atoms with Gasteiger partial charge in [-0.2, -0.15) is 0 Å². The molecule has 16 rings (SSSR count). The van der Waals surface area contributed by atoms with Crippen LogP contribution in [0.15, 0.2) is 267 Å². The summed E-state index contributed by atoms with van der Waals surface area (Å²) < 4.78 is 7.73. The normalized spacial score (nSPS) is 11.9. The van der Waals surface area contributed by atoms with Gasteiger partial charge in [0.25, 0.3) is 0 Å². The van der Waals surface area contributed by atoms with Crippen LogP contribution in [0.25, 0.3) is 134 Å². The lowest BCUT2D eigenvalue weighted by Gasteiger charge is -2.26. The Kier molecular flexibility index (Phi) is 9.71. The molecule has 3 heterocycles. The number of para-hydroxylation sites is 1. The molecule has 2 nitrogen and oxygen atoms in total. The number of fused-ring (bicyclic) bond motifs is 15. The summed E-state index contributed by atoms with van der Waals surface area (Å²) in [4.78, 5) is 2.41. The highest BCUT2D eigenvalue weighted by Crippen LogP contribution is 2.47. The second-order valence-electron chi connectivity index (χ2n) is 19.9. The molecule has 0 saturated heterocycles. The Morgan fingerprint density at radius 2 is 0.763 bits per heavy atom. The minimum absolute atomic E-state index is 1.11. The number of anilines is 3. The third-order valence-corrected chi connectivity index (χ3v) is 18.1. The van der Waals surface area contributed by atoms with Crippen molar-refractivity contribution in [1.82, 2.24) is 4.57 Å². The highest BCUT2D eigenvalue weighted by Gasteiger charge is 2.21. The molecular formula is C72H44N2S2. The summed E-state index contributed by atoms with van der Waals surface area (Å²) >= 11 is 3.74. The van der Waals surface area contributed by atoms with Gasteiger partial charge >= 0.3 is 0 Å². The summed E-state index contributed by atoms with van der Waals surface area (Å²) in [6, 6.07) is 99.0. The van der Waals surface area contributed by atoms with E-state index in [1.54, 1.807) is 0 Å². The fourth-order valence-corrected chi connectivity index (χ4v) is 14.6. The van der Waals surface area contributed by atoms with E-state index in [1.165, 1.54) is 134 Å². The molecule has 0 aliphatic carbocycles. The van der Waals surface area contributed by atoms with Crippen LogP contribution in [0.4, 0.5) is 17.1 Å². The molecule has 0 aliphatic rings. The molecule has 16 aromatic rings. The standard InChI is InChI=1S/C72H44N2S2/c1-2-14-50(15-3-1)73(67-24-13-27-70-71(67)61-21-9-11-26-69(61)75-70)51-36-32-46(33-37-51)49-35-41-66-64(43-49)63-42-48(45-28-30-47(31-29-45)53-22-12-23-60-59-20-8-10-25-68(59)76-72(53)60)34-40-65(63)74(66)52-38-39-58-56-18-5-4-16-54(56)55-17-6-7-19-57(55)62(58)44-52/h1-44H. The number of thiophene rings is 2. The topological polar surface area (TPSA) is 8.17 Å². The lowest BCUT2D eigenvalue weighted by Crippen LogP contribution is -2.10. The van der Waals surface area contributed by atoms with Crippen molar-refractivity contribution in [3.8, 4) is 39.1 Å². The molecule has 0 amide bonds. The highest BCUT2D eigenvalue weighted by atomic mass is 32.1. The van der Waals surface area contributed by atoms with Gasteiger partial charge in [0.15, 0.2) is 0 Å². The third-order valence-electron chi connectivity index (χ3n) is 15.8. The Labute approximate surface area is 446 Å². The van der Waals surface area contributed by atoms with Gasteiger partial charge in [-0.15, -0.1) is 22.7 Å². The minimum atomic E-state index is 1.11. The zero-order chi connectivity index (χ0) is 49.8. The summed E-state index contributed by atoms with van der Waals surface area (Å²) in [6.45, 7) is 0. The van der Waals surface area contributed by atoms with Gasteiger partial charge in [-0.25, -0.2) is 0 Å². The minimum Gasteiger partial charge on any atom is -0.310 e. The number of rotatable bonds is 7. The lowest BCUT2D eigenvalue weighted by molar-refractivity contribution is 1.19. The summed E-state index contributed by atoms with van der Waals surface area (Å²) in [5.41, 5.74) is 14.2. The van der Waals surface area contributed by atoms with Crippen LogP contribution in [0, 0.1) is 0 Å². The Morgan fingerprint density at radius 3 is 1.43 bits per heavy atom. The zero-order valence-electron chi connectivity index (χ0n) is 41.1. The summed E-state index contributed by atoms with van der Waals surface area (Å²) in [7, 11) is 0. The van der Waals surface area contributed by atoms with Crippen molar-refractivity contribution in [3.63, 3.8) is 0 Å². The molecule has 0 saturated carbocycles. The molecule has 0 atom stereocenters. The first-order valence-electron chi connectivity index (χ1n) is 26.0. The average molecular weight is 1000 g/mol. The van der Waals surface area contributed by atoms with Gasteiger partial charge in [0.05, 0.1) is 16.7 Å². The summed E-state index contributed by atoms with van der Waals surface area (Å²) in [5, 5.41) is 15.3. The maximum absolute atomic E-state index is 2.48. The van der Waals surface area contributed by atoms with E-state index in [2.05, 4.69) is 276 Å². The van der Waals surface area contributed by atoms with Crippen LogP contribution in [-0.2, 0) is 0 Å². The fraction of sp³-hybridized carbons (Fsp3) is 0. The van der Waals surface area contributed by atoms with E-state index >= 15 is 0 Å². The van der Waals surface area contributed by atoms with Crippen LogP contribution in [0.5, 0.6) is 0 Å². The van der Waals surface area contributed by atoms with Gasteiger partial charge < -0.3 is 9.47 Å². The molecule has 0 bridgehead atoms. The van der Waals surface area contributed by atoms with Gasteiger partial charge in [-0.05, 0) is 151 Å². The van der Waals surface area contributed by atoms with Crippen molar-refractivity contribution >= 4 is 134 Å². The average Bonchev–Trinajstić information content (AvgIpc) is 4.21. The molecule has 3 aromatic heterocycles. The predicted molar refractivity (Wildman–Crippen MR) is 330 cm³/mol. The monoisotopic (exact) mass is 1000 g/mol. The molecular weight excluding hydrogens is 957 g/mol. The lowest BCUT2D eigenvalue weighted by atomic mass is 9.94. The van der Waals surface area contributed by atoms with Crippen molar-refractivity contribution in [3.05, 3.63) is 267 Å². The molecule has 0 radical (unpaired) electrons. The van der Waals surface area contributed by atoms with Gasteiger partial charge in [-0.1, -0.05) is 182 Å². The molecule has 0 N–H and O–H groups in total.